The highest BCUT2D eigenvalue weighted by Crippen LogP contribution is 2.29. The predicted octanol–water partition coefficient (Wildman–Crippen LogP) is 0.982. The Balaban J connectivity index is 2.66. The highest BCUT2D eigenvalue weighted by atomic mass is 31.2. The zero-order valence-electron chi connectivity index (χ0n) is 5.51. The lowest BCUT2D eigenvalue weighted by Gasteiger charge is -2.03. The van der Waals surface area contributed by atoms with E-state index in [0.717, 1.165) is 0 Å². The molecule has 5 heteroatoms. The van der Waals surface area contributed by atoms with Crippen LogP contribution in [0.5, 0.6) is 11.5 Å². The quantitative estimate of drug-likeness (QED) is 0.584. The number of phenols is 1. The first-order chi connectivity index (χ1) is 5.18. The van der Waals surface area contributed by atoms with Crippen LogP contribution in [0.25, 0.3) is 0 Å². The maximum atomic E-state index is 8.82. The lowest BCUT2D eigenvalue weighted by molar-refractivity contribution is 0.374. The molecule has 11 heavy (non-hydrogen) atoms. The Labute approximate surface area is 64.7 Å². The first kappa shape index (κ1) is 8.27. The summed E-state index contributed by atoms with van der Waals surface area (Å²) >= 11 is 0. The zero-order valence-corrected chi connectivity index (χ0v) is 6.40. The molecule has 1 rings (SSSR count). The van der Waals surface area contributed by atoms with Crippen LogP contribution >= 0.6 is 8.60 Å². The Morgan fingerprint density at radius 2 is 1.64 bits per heavy atom. The van der Waals surface area contributed by atoms with Gasteiger partial charge in [-0.2, -0.15) is 0 Å². The number of hydrogen-bond donors (Lipinski definition) is 3. The molecule has 0 spiro atoms. The highest BCUT2D eigenvalue weighted by molar-refractivity contribution is 7.39. The Morgan fingerprint density at radius 3 is 2.09 bits per heavy atom. The molecule has 0 aliphatic carbocycles. The van der Waals surface area contributed by atoms with Gasteiger partial charge in [-0.25, -0.2) is 0 Å². The Morgan fingerprint density at radius 1 is 1.09 bits per heavy atom. The molecule has 1 aromatic carbocycles. The summed E-state index contributed by atoms with van der Waals surface area (Å²) in [6, 6.07) is 5.68. The number of rotatable bonds is 2. The average molecular weight is 174 g/mol. The summed E-state index contributed by atoms with van der Waals surface area (Å²) < 4.78 is 4.53. The molecule has 0 fully saturated rings. The fourth-order valence-electron chi connectivity index (χ4n) is 0.601. The summed E-state index contributed by atoms with van der Waals surface area (Å²) in [4.78, 5) is 16.8. The third-order valence-electron chi connectivity index (χ3n) is 1.02. The monoisotopic (exact) mass is 174 g/mol. The standard InChI is InChI=1S/C6H7O4P/c7-5-1-3-6(4-2-5)10-11(8)9/h1-4,7-9H. The number of hydrogen-bond acceptors (Lipinski definition) is 4. The molecule has 0 saturated heterocycles. The van der Waals surface area contributed by atoms with E-state index in [2.05, 4.69) is 4.52 Å². The number of benzene rings is 1. The normalized spacial score (nSPS) is 10.1. The van der Waals surface area contributed by atoms with Crippen molar-refractivity contribution in [3.05, 3.63) is 24.3 Å². The van der Waals surface area contributed by atoms with Crippen LogP contribution in [-0.2, 0) is 0 Å². The fraction of sp³-hybridized carbons (Fsp3) is 0. The van der Waals surface area contributed by atoms with Crippen LogP contribution in [0, 0.1) is 0 Å². The van der Waals surface area contributed by atoms with E-state index in [1.54, 1.807) is 0 Å². The van der Waals surface area contributed by atoms with Crippen molar-refractivity contribution in [2.75, 3.05) is 0 Å². The first-order valence-electron chi connectivity index (χ1n) is 2.83. The van der Waals surface area contributed by atoms with E-state index in [0.29, 0.717) is 5.75 Å². The van der Waals surface area contributed by atoms with Crippen LogP contribution in [-0.4, -0.2) is 14.9 Å². The summed E-state index contributed by atoms with van der Waals surface area (Å²) in [7, 11) is -2.37. The van der Waals surface area contributed by atoms with Gasteiger partial charge in [-0.15, -0.1) is 0 Å². The Hall–Kier alpha value is -0.830. The van der Waals surface area contributed by atoms with E-state index in [1.807, 2.05) is 0 Å². The molecule has 4 nitrogen and oxygen atoms in total. The molecule has 1 aromatic rings. The van der Waals surface area contributed by atoms with Crippen molar-refractivity contribution in [2.45, 2.75) is 0 Å². The first-order valence-corrected chi connectivity index (χ1v) is 4.00. The minimum absolute atomic E-state index is 0.109. The molecule has 0 saturated carbocycles. The van der Waals surface area contributed by atoms with Crippen molar-refractivity contribution in [1.82, 2.24) is 0 Å². The van der Waals surface area contributed by atoms with Crippen LogP contribution in [0.2, 0.25) is 0 Å². The lowest BCUT2D eigenvalue weighted by Crippen LogP contribution is -1.83. The number of aromatic hydroxyl groups is 1. The summed E-state index contributed by atoms with van der Waals surface area (Å²) in [5.41, 5.74) is 0. The van der Waals surface area contributed by atoms with Gasteiger partial charge in [-0.3, -0.25) is 0 Å². The molecule has 3 N–H and O–H groups in total. The molecule has 0 unspecified atom stereocenters. The van der Waals surface area contributed by atoms with E-state index in [9.17, 15) is 0 Å². The minimum Gasteiger partial charge on any atom is -0.508 e. The Bertz CT molecular complexity index is 221. The number of phenolic OH excluding ortho intramolecular Hbond substituents is 1. The van der Waals surface area contributed by atoms with E-state index in [4.69, 9.17) is 14.9 Å². The molecule has 0 aromatic heterocycles. The van der Waals surface area contributed by atoms with Crippen molar-refractivity contribution >= 4 is 8.60 Å². The van der Waals surface area contributed by atoms with Crippen LogP contribution in [0.15, 0.2) is 24.3 Å². The van der Waals surface area contributed by atoms with E-state index < -0.39 is 8.60 Å². The second-order valence-electron chi connectivity index (χ2n) is 1.84. The summed E-state index contributed by atoms with van der Waals surface area (Å²) in [5, 5.41) is 8.82. The van der Waals surface area contributed by atoms with Crippen LogP contribution < -0.4 is 4.52 Å². The minimum atomic E-state index is -2.37. The van der Waals surface area contributed by atoms with Crippen molar-refractivity contribution in [3.8, 4) is 11.5 Å². The largest absolute Gasteiger partial charge is 0.508 e. The molecule has 0 radical (unpaired) electrons. The van der Waals surface area contributed by atoms with Gasteiger partial charge < -0.3 is 19.4 Å². The topological polar surface area (TPSA) is 69.9 Å². The van der Waals surface area contributed by atoms with Gasteiger partial charge in [0.05, 0.1) is 0 Å². The molecule has 0 heterocycles. The maximum Gasteiger partial charge on any atom is 0.391 e. The lowest BCUT2D eigenvalue weighted by atomic mass is 10.3. The summed E-state index contributed by atoms with van der Waals surface area (Å²) in [6.07, 6.45) is 0. The highest BCUT2D eigenvalue weighted by Gasteiger charge is 2.00. The van der Waals surface area contributed by atoms with Gasteiger partial charge in [0.25, 0.3) is 0 Å². The molecule has 60 valence electrons. The van der Waals surface area contributed by atoms with Crippen molar-refractivity contribution < 1.29 is 19.4 Å². The summed E-state index contributed by atoms with van der Waals surface area (Å²) in [6.45, 7) is 0. The second kappa shape index (κ2) is 3.53. The van der Waals surface area contributed by atoms with E-state index >= 15 is 0 Å². The predicted molar refractivity (Wildman–Crippen MR) is 40.1 cm³/mol. The average Bonchev–Trinajstić information content (AvgIpc) is 1.93. The van der Waals surface area contributed by atoms with Crippen LogP contribution in [0.1, 0.15) is 0 Å². The second-order valence-corrected chi connectivity index (χ2v) is 2.53. The smallest absolute Gasteiger partial charge is 0.391 e. The van der Waals surface area contributed by atoms with Gasteiger partial charge >= 0.3 is 8.60 Å². The van der Waals surface area contributed by atoms with Crippen LogP contribution in [0.4, 0.5) is 0 Å². The van der Waals surface area contributed by atoms with Crippen molar-refractivity contribution in [1.29, 1.82) is 0 Å². The van der Waals surface area contributed by atoms with E-state index in [1.165, 1.54) is 24.3 Å². The molecule has 0 aliphatic rings. The van der Waals surface area contributed by atoms with Crippen molar-refractivity contribution in [2.24, 2.45) is 0 Å². The fourth-order valence-corrected chi connectivity index (χ4v) is 0.912. The molecule has 0 amide bonds. The molecule has 0 bridgehead atoms. The Kier molecular flexibility index (Phi) is 2.65. The van der Waals surface area contributed by atoms with Gasteiger partial charge in [-0.1, -0.05) is 0 Å². The SMILES string of the molecule is Oc1ccc(OP(O)O)cc1. The molecular formula is C6H7O4P. The molecular weight excluding hydrogens is 167 g/mol. The third kappa shape index (κ3) is 2.72. The van der Waals surface area contributed by atoms with Gasteiger partial charge in [-0.05, 0) is 24.3 Å². The van der Waals surface area contributed by atoms with Gasteiger partial charge in [0.15, 0.2) is 0 Å². The zero-order chi connectivity index (χ0) is 8.27. The van der Waals surface area contributed by atoms with Gasteiger partial charge in [0, 0.05) is 0 Å². The van der Waals surface area contributed by atoms with Crippen molar-refractivity contribution in [3.63, 3.8) is 0 Å². The summed E-state index contributed by atoms with van der Waals surface area (Å²) in [5.74, 6) is 0.427. The molecule has 0 aliphatic heterocycles. The molecule has 0 atom stereocenters. The van der Waals surface area contributed by atoms with Gasteiger partial charge in [0.1, 0.15) is 11.5 Å². The van der Waals surface area contributed by atoms with Gasteiger partial charge in [0.2, 0.25) is 0 Å². The van der Waals surface area contributed by atoms with Crippen LogP contribution in [0.3, 0.4) is 0 Å². The van der Waals surface area contributed by atoms with E-state index in [-0.39, 0.29) is 5.75 Å². The third-order valence-corrected chi connectivity index (χ3v) is 1.40. The maximum absolute atomic E-state index is 8.82.